The van der Waals surface area contributed by atoms with Crippen LogP contribution in [-0.4, -0.2) is 56.8 Å². The fraction of sp³-hybridized carbons (Fsp3) is 0.652. The molecule has 0 saturated carbocycles. The van der Waals surface area contributed by atoms with Crippen LogP contribution in [0.4, 0.5) is 10.5 Å². The Morgan fingerprint density at radius 3 is 2.53 bits per heavy atom. The first-order valence-electron chi connectivity index (χ1n) is 11.3. The van der Waals surface area contributed by atoms with Crippen molar-refractivity contribution in [1.29, 1.82) is 0 Å². The van der Waals surface area contributed by atoms with Crippen molar-refractivity contribution in [3.8, 4) is 0 Å². The number of carbonyl (C=O) groups excluding carboxylic acids is 2. The smallest absolute Gasteiger partial charge is 0.410 e. The Morgan fingerprint density at radius 1 is 1.22 bits per heavy atom. The Balaban J connectivity index is 1.41. The molecule has 4 aliphatic heterocycles. The van der Waals surface area contributed by atoms with Crippen molar-refractivity contribution < 1.29 is 22.7 Å². The average molecular weight is 464 g/mol. The van der Waals surface area contributed by atoms with Gasteiger partial charge >= 0.3 is 6.09 Å². The Hall–Kier alpha value is -2.13. The van der Waals surface area contributed by atoms with Gasteiger partial charge < -0.3 is 9.64 Å². The molecule has 0 aliphatic carbocycles. The third kappa shape index (κ3) is 4.01. The van der Waals surface area contributed by atoms with Gasteiger partial charge in [0, 0.05) is 43.6 Å². The van der Waals surface area contributed by atoms with E-state index in [0.29, 0.717) is 43.2 Å². The van der Waals surface area contributed by atoms with Gasteiger partial charge in [0.25, 0.3) is 0 Å². The molecule has 4 bridgehead atoms. The van der Waals surface area contributed by atoms with Crippen LogP contribution in [0.1, 0.15) is 57.6 Å². The Labute approximate surface area is 190 Å². The zero-order valence-corrected chi connectivity index (χ0v) is 20.1. The summed E-state index contributed by atoms with van der Waals surface area (Å²) >= 11 is 0. The lowest BCUT2D eigenvalue weighted by Crippen LogP contribution is -2.67. The van der Waals surface area contributed by atoms with E-state index in [2.05, 4.69) is 5.32 Å². The summed E-state index contributed by atoms with van der Waals surface area (Å²) in [5.74, 6) is 0.124. The number of rotatable bonds is 4. The number of nitrogens with zero attached hydrogens (tertiary/aromatic N) is 2. The number of piperidine rings is 1. The van der Waals surface area contributed by atoms with Crippen LogP contribution in [0, 0.1) is 5.92 Å². The third-order valence-corrected chi connectivity index (χ3v) is 8.22. The highest BCUT2D eigenvalue weighted by Crippen LogP contribution is 2.46. The van der Waals surface area contributed by atoms with Crippen LogP contribution >= 0.6 is 0 Å². The molecule has 4 heterocycles. The Morgan fingerprint density at radius 2 is 1.91 bits per heavy atom. The number of fused-ring (bicyclic) bond motifs is 1. The molecule has 176 valence electrons. The summed E-state index contributed by atoms with van der Waals surface area (Å²) in [4.78, 5) is 27.3. The molecule has 2 amide bonds. The zero-order chi connectivity index (χ0) is 23.3. The van der Waals surface area contributed by atoms with Gasteiger partial charge in [-0.05, 0) is 70.1 Å². The Bertz CT molecular complexity index is 1020. The number of likely N-dealkylation sites (tertiary alicyclic amines) is 1. The first kappa shape index (κ1) is 23.0. The van der Waals surface area contributed by atoms with E-state index in [1.807, 2.05) is 39.0 Å². The fourth-order valence-corrected chi connectivity index (χ4v) is 6.59. The third-order valence-electron chi connectivity index (χ3n) is 6.60. The van der Waals surface area contributed by atoms with Crippen LogP contribution in [0.25, 0.3) is 0 Å². The minimum atomic E-state index is -3.63. The second-order valence-corrected chi connectivity index (χ2v) is 12.2. The predicted octanol–water partition coefficient (Wildman–Crippen LogP) is 2.76. The summed E-state index contributed by atoms with van der Waals surface area (Å²) < 4.78 is 31.3. The van der Waals surface area contributed by atoms with Crippen LogP contribution in [0.2, 0.25) is 0 Å². The zero-order valence-electron chi connectivity index (χ0n) is 19.3. The molecule has 1 aromatic carbocycles. The van der Waals surface area contributed by atoms with E-state index in [-0.39, 0.29) is 18.4 Å². The molecule has 5 rings (SSSR count). The van der Waals surface area contributed by atoms with Crippen molar-refractivity contribution in [1.82, 2.24) is 10.2 Å². The average Bonchev–Trinajstić information content (AvgIpc) is 2.70. The molecular weight excluding hydrogens is 430 g/mol. The molecule has 4 aliphatic rings. The first-order valence-corrected chi connectivity index (χ1v) is 13.2. The van der Waals surface area contributed by atoms with E-state index in [1.54, 1.807) is 4.90 Å². The van der Waals surface area contributed by atoms with E-state index in [1.165, 1.54) is 11.2 Å². The van der Waals surface area contributed by atoms with Crippen molar-refractivity contribution in [2.75, 3.05) is 30.8 Å². The number of sulfone groups is 1. The topological polar surface area (TPSA) is 96.0 Å². The lowest BCUT2D eigenvalue weighted by atomic mass is 9.89. The summed E-state index contributed by atoms with van der Waals surface area (Å²) in [6.45, 7) is 7.28. The number of hydrogen-bond donors (Lipinski definition) is 1. The van der Waals surface area contributed by atoms with Crippen LogP contribution in [0.5, 0.6) is 0 Å². The van der Waals surface area contributed by atoms with Gasteiger partial charge in [0.2, 0.25) is 10.9 Å². The van der Waals surface area contributed by atoms with E-state index >= 15 is 0 Å². The van der Waals surface area contributed by atoms with Gasteiger partial charge in [0.1, 0.15) is 5.60 Å². The largest absolute Gasteiger partial charge is 0.444 e. The van der Waals surface area contributed by atoms with Crippen LogP contribution in [-0.2, 0) is 30.8 Å². The van der Waals surface area contributed by atoms with Crippen molar-refractivity contribution >= 4 is 27.5 Å². The maximum Gasteiger partial charge on any atom is 0.410 e. The summed E-state index contributed by atoms with van der Waals surface area (Å²) in [7, 11) is -3.63. The standard InChI is InChI=1S/C23H33N3O5S/c1-22(2,3)31-21(28)25-13-10-16(11-14-25)5-8-20(27)26-18-6-7-19-17(15-18)9-12-24-23(19,26)32(4,29)30/h6-7,15-16,24H,5,8-14H2,1-4H3. The molecular formula is C23H33N3O5S. The summed E-state index contributed by atoms with van der Waals surface area (Å²) in [6.07, 6.45) is 4.19. The number of nitrogens with one attached hydrogen (secondary N) is 1. The van der Waals surface area contributed by atoms with Gasteiger partial charge in [-0.15, -0.1) is 0 Å². The molecule has 0 aromatic heterocycles. The molecule has 1 fully saturated rings. The van der Waals surface area contributed by atoms with E-state index in [0.717, 1.165) is 24.8 Å². The lowest BCUT2D eigenvalue weighted by molar-refractivity contribution is -0.120. The summed E-state index contributed by atoms with van der Waals surface area (Å²) in [5.41, 5.74) is 1.78. The number of ether oxygens (including phenoxy) is 1. The molecule has 0 radical (unpaired) electrons. The highest BCUT2D eigenvalue weighted by Gasteiger charge is 2.55. The maximum absolute atomic E-state index is 13.4. The first-order chi connectivity index (χ1) is 14.9. The number of anilines is 1. The minimum absolute atomic E-state index is 0.188. The molecule has 1 saturated heterocycles. The van der Waals surface area contributed by atoms with Gasteiger partial charge in [0.15, 0.2) is 9.84 Å². The van der Waals surface area contributed by atoms with Gasteiger partial charge in [-0.3, -0.25) is 15.0 Å². The van der Waals surface area contributed by atoms with Gasteiger partial charge in [-0.1, -0.05) is 6.07 Å². The van der Waals surface area contributed by atoms with Gasteiger partial charge in [0.05, 0.1) is 0 Å². The van der Waals surface area contributed by atoms with Crippen molar-refractivity contribution in [2.24, 2.45) is 5.92 Å². The van der Waals surface area contributed by atoms with E-state index in [4.69, 9.17) is 4.74 Å². The highest BCUT2D eigenvalue weighted by atomic mass is 32.2. The molecule has 1 unspecified atom stereocenters. The number of benzene rings is 1. The second kappa shape index (κ2) is 8.02. The summed E-state index contributed by atoms with van der Waals surface area (Å²) in [5, 5.41) is 3.15. The Kier molecular flexibility index (Phi) is 5.78. The normalized spacial score (nSPS) is 23.4. The quantitative estimate of drug-likeness (QED) is 0.738. The maximum atomic E-state index is 13.4. The van der Waals surface area contributed by atoms with Crippen LogP contribution in [0.15, 0.2) is 18.2 Å². The molecule has 1 N–H and O–H groups in total. The monoisotopic (exact) mass is 463 g/mol. The SMILES string of the molecule is CC(C)(C)OC(=O)N1CCC(CCC(=O)N2c3ccc4c(c3)CCNC42S(C)(=O)=O)CC1. The summed E-state index contributed by atoms with van der Waals surface area (Å²) in [6, 6.07) is 5.59. The van der Waals surface area contributed by atoms with Gasteiger partial charge in [-0.2, -0.15) is 0 Å². The van der Waals surface area contributed by atoms with E-state index in [9.17, 15) is 18.0 Å². The van der Waals surface area contributed by atoms with Crippen LogP contribution in [0.3, 0.4) is 0 Å². The number of amides is 2. The predicted molar refractivity (Wildman–Crippen MR) is 122 cm³/mol. The number of carbonyl (C=O) groups is 2. The van der Waals surface area contributed by atoms with Crippen LogP contribution < -0.4 is 10.2 Å². The lowest BCUT2D eigenvalue weighted by Gasteiger charge is -2.50. The van der Waals surface area contributed by atoms with Gasteiger partial charge in [-0.25, -0.2) is 13.2 Å². The molecule has 1 aromatic rings. The molecule has 1 atom stereocenters. The van der Waals surface area contributed by atoms with Crippen molar-refractivity contribution in [2.45, 2.75) is 63.5 Å². The van der Waals surface area contributed by atoms with Crippen molar-refractivity contribution in [3.63, 3.8) is 0 Å². The highest BCUT2D eigenvalue weighted by molar-refractivity contribution is 7.91. The molecule has 9 heteroatoms. The van der Waals surface area contributed by atoms with Crippen molar-refractivity contribution in [3.05, 3.63) is 29.3 Å². The molecule has 8 nitrogen and oxygen atoms in total. The molecule has 0 spiro atoms. The fourth-order valence-electron chi connectivity index (χ4n) is 5.09. The minimum Gasteiger partial charge on any atom is -0.444 e. The molecule has 32 heavy (non-hydrogen) atoms. The van der Waals surface area contributed by atoms with E-state index < -0.39 is 20.4 Å². The second-order valence-electron chi connectivity index (χ2n) is 10.1. The number of hydrogen-bond acceptors (Lipinski definition) is 6.